The fourth-order valence-electron chi connectivity index (χ4n) is 3.01. The van der Waals surface area contributed by atoms with E-state index >= 15 is 0 Å². The summed E-state index contributed by atoms with van der Waals surface area (Å²) in [7, 11) is -3.89. The zero-order valence-corrected chi connectivity index (χ0v) is 20.3. The zero-order valence-electron chi connectivity index (χ0n) is 15.5. The Morgan fingerprint density at radius 2 is 1.93 bits per heavy atom. The Kier molecular flexibility index (Phi) is 6.63. The summed E-state index contributed by atoms with van der Waals surface area (Å²) in [6.45, 7) is 2.96. The van der Waals surface area contributed by atoms with Gasteiger partial charge in [-0.15, -0.1) is 16.2 Å². The molecule has 2 N–H and O–H groups in total. The molecule has 0 unspecified atom stereocenters. The van der Waals surface area contributed by atoms with Crippen LogP contribution >= 0.6 is 50.2 Å². The first-order chi connectivity index (χ1) is 14.3. The summed E-state index contributed by atoms with van der Waals surface area (Å²) in [4.78, 5) is 23.2. The molecule has 4 rings (SSSR count). The number of nitrogens with zero attached hydrogens (tertiary/aromatic N) is 3. The highest BCUT2D eigenvalue weighted by molar-refractivity contribution is 9.10. The molecule has 8 nitrogen and oxygen atoms in total. The Balaban J connectivity index is 1.27. The lowest BCUT2D eigenvalue weighted by molar-refractivity contribution is -0.122. The number of rotatable bonds is 6. The van der Waals surface area contributed by atoms with Crippen molar-refractivity contribution in [3.05, 3.63) is 39.1 Å². The first-order valence-electron chi connectivity index (χ1n) is 8.90. The number of para-hydroxylation sites is 1. The molecule has 3 heterocycles. The number of hydrazine groups is 1. The van der Waals surface area contributed by atoms with E-state index < -0.39 is 15.9 Å². The second-order valence-electron chi connectivity index (χ2n) is 6.57. The van der Waals surface area contributed by atoms with E-state index in [1.54, 1.807) is 11.3 Å². The Hall–Kier alpha value is -1.28. The van der Waals surface area contributed by atoms with Gasteiger partial charge in [-0.25, -0.2) is 13.4 Å². The van der Waals surface area contributed by atoms with E-state index in [1.807, 2.05) is 23.1 Å². The van der Waals surface area contributed by atoms with Crippen molar-refractivity contribution < 1.29 is 13.2 Å². The van der Waals surface area contributed by atoms with Gasteiger partial charge >= 0.3 is 0 Å². The van der Waals surface area contributed by atoms with Gasteiger partial charge < -0.3 is 4.90 Å². The standard InChI is InChI=1S/C17H17BrClN5O3S3/c18-11-9-14(19)29-16(11)30(26,27)22-21-15(25)10-23-5-7-24(8-6-23)17-20-12-3-1-2-4-13(12)28-17/h1-4,9,22H,5-8,10H2,(H,21,25). The van der Waals surface area contributed by atoms with Crippen LogP contribution in [0.25, 0.3) is 10.2 Å². The largest absolute Gasteiger partial charge is 0.345 e. The molecule has 0 atom stereocenters. The number of halogens is 2. The van der Waals surface area contributed by atoms with Crippen LogP contribution in [0.3, 0.4) is 0 Å². The molecule has 0 aliphatic carbocycles. The summed E-state index contributed by atoms with van der Waals surface area (Å²) >= 11 is 11.6. The quantitative estimate of drug-likeness (QED) is 0.459. The SMILES string of the molecule is O=C(CN1CCN(c2nc3ccccc3s2)CC1)NNS(=O)(=O)c1sc(Cl)cc1Br. The Labute approximate surface area is 195 Å². The summed E-state index contributed by atoms with van der Waals surface area (Å²) in [6.07, 6.45) is 0. The molecular formula is C17H17BrClN5O3S3. The summed E-state index contributed by atoms with van der Waals surface area (Å²) < 4.78 is 26.5. The third-order valence-corrected chi connectivity index (χ3v) is 9.78. The van der Waals surface area contributed by atoms with Gasteiger partial charge in [0.1, 0.15) is 0 Å². The van der Waals surface area contributed by atoms with Crippen molar-refractivity contribution in [2.24, 2.45) is 0 Å². The highest BCUT2D eigenvalue weighted by Gasteiger charge is 2.24. The summed E-state index contributed by atoms with van der Waals surface area (Å²) in [6, 6.07) is 9.52. The highest BCUT2D eigenvalue weighted by atomic mass is 79.9. The highest BCUT2D eigenvalue weighted by Crippen LogP contribution is 2.34. The maximum atomic E-state index is 12.3. The molecule has 1 aliphatic heterocycles. The van der Waals surface area contributed by atoms with Gasteiger partial charge in [0.2, 0.25) is 5.91 Å². The number of hydrogen-bond donors (Lipinski definition) is 2. The first-order valence-corrected chi connectivity index (χ1v) is 13.2. The number of aromatic nitrogens is 1. The number of piperazine rings is 1. The normalized spacial score (nSPS) is 15.6. The van der Waals surface area contributed by atoms with Gasteiger partial charge in [-0.3, -0.25) is 15.1 Å². The van der Waals surface area contributed by atoms with Crippen LogP contribution in [0.5, 0.6) is 0 Å². The molecule has 1 aromatic carbocycles. The number of sulfonamides is 1. The number of nitrogens with one attached hydrogen (secondary N) is 2. The van der Waals surface area contributed by atoms with E-state index in [9.17, 15) is 13.2 Å². The maximum Gasteiger partial charge on any atom is 0.268 e. The molecule has 1 amide bonds. The predicted molar refractivity (Wildman–Crippen MR) is 124 cm³/mol. The number of hydrogen-bond acceptors (Lipinski definition) is 8. The lowest BCUT2D eigenvalue weighted by atomic mass is 10.3. The minimum atomic E-state index is -3.89. The molecule has 1 saturated heterocycles. The van der Waals surface area contributed by atoms with Crippen molar-refractivity contribution >= 4 is 81.5 Å². The summed E-state index contributed by atoms with van der Waals surface area (Å²) in [5, 5.41) is 0.980. The predicted octanol–water partition coefficient (Wildman–Crippen LogP) is 2.91. The summed E-state index contributed by atoms with van der Waals surface area (Å²) in [5.41, 5.74) is 3.26. The molecule has 2 aromatic heterocycles. The maximum absolute atomic E-state index is 12.3. The van der Waals surface area contributed by atoms with Crippen molar-refractivity contribution in [2.75, 3.05) is 37.6 Å². The number of thiazole rings is 1. The van der Waals surface area contributed by atoms with E-state index in [-0.39, 0.29) is 10.8 Å². The second kappa shape index (κ2) is 9.07. The van der Waals surface area contributed by atoms with E-state index in [2.05, 4.69) is 42.1 Å². The van der Waals surface area contributed by atoms with E-state index in [1.165, 1.54) is 6.07 Å². The number of carbonyl (C=O) groups is 1. The third kappa shape index (κ3) is 4.96. The van der Waals surface area contributed by atoms with Gasteiger partial charge in [0.05, 0.1) is 25.6 Å². The van der Waals surface area contributed by atoms with Crippen LogP contribution in [0.2, 0.25) is 4.34 Å². The van der Waals surface area contributed by atoms with Gasteiger partial charge in [0.15, 0.2) is 9.34 Å². The van der Waals surface area contributed by atoms with Crippen LogP contribution in [0.15, 0.2) is 39.0 Å². The number of amides is 1. The Morgan fingerprint density at radius 3 is 2.60 bits per heavy atom. The van der Waals surface area contributed by atoms with Crippen molar-refractivity contribution in [2.45, 2.75) is 4.21 Å². The Bertz CT molecular complexity index is 1140. The smallest absolute Gasteiger partial charge is 0.268 e. The molecular weight excluding hydrogens is 534 g/mol. The van der Waals surface area contributed by atoms with Gasteiger partial charge in [-0.2, -0.15) is 0 Å². The van der Waals surface area contributed by atoms with Crippen molar-refractivity contribution in [3.8, 4) is 0 Å². The molecule has 160 valence electrons. The monoisotopic (exact) mass is 549 g/mol. The fraction of sp³-hybridized carbons (Fsp3) is 0.294. The van der Waals surface area contributed by atoms with Crippen molar-refractivity contribution in [3.63, 3.8) is 0 Å². The molecule has 1 fully saturated rings. The third-order valence-electron chi connectivity index (χ3n) is 4.49. The second-order valence-corrected chi connectivity index (χ2v) is 12.0. The van der Waals surface area contributed by atoms with Crippen molar-refractivity contribution in [1.29, 1.82) is 0 Å². The minimum absolute atomic E-state index is 0.0113. The fourth-order valence-corrected chi connectivity index (χ4v) is 7.90. The molecule has 0 spiro atoms. The van der Waals surface area contributed by atoms with Gasteiger partial charge in [0, 0.05) is 26.2 Å². The first kappa shape index (κ1) is 21.9. The molecule has 0 saturated carbocycles. The van der Waals surface area contributed by atoms with Crippen LogP contribution in [0.4, 0.5) is 5.13 Å². The van der Waals surface area contributed by atoms with Crippen molar-refractivity contribution in [1.82, 2.24) is 20.1 Å². The topological polar surface area (TPSA) is 94.6 Å². The lowest BCUT2D eigenvalue weighted by Gasteiger charge is -2.34. The van der Waals surface area contributed by atoms with Gasteiger partial charge in [0.25, 0.3) is 10.0 Å². The zero-order chi connectivity index (χ0) is 21.3. The van der Waals surface area contributed by atoms with Crippen LogP contribution in [0.1, 0.15) is 0 Å². The van der Waals surface area contributed by atoms with Gasteiger partial charge in [-0.05, 0) is 34.1 Å². The van der Waals surface area contributed by atoms with Crippen LogP contribution in [-0.2, 0) is 14.8 Å². The summed E-state index contributed by atoms with van der Waals surface area (Å²) in [5.74, 6) is -0.425. The minimum Gasteiger partial charge on any atom is -0.345 e. The van der Waals surface area contributed by atoms with E-state index in [0.717, 1.165) is 39.8 Å². The van der Waals surface area contributed by atoms with Crippen LogP contribution in [-0.4, -0.2) is 56.9 Å². The number of benzene rings is 1. The molecule has 0 bridgehead atoms. The number of carbonyl (C=O) groups excluding carboxylic acids is 1. The molecule has 30 heavy (non-hydrogen) atoms. The van der Waals surface area contributed by atoms with Gasteiger partial charge in [-0.1, -0.05) is 35.1 Å². The molecule has 0 radical (unpaired) electrons. The van der Waals surface area contributed by atoms with Crippen LogP contribution < -0.4 is 15.2 Å². The van der Waals surface area contributed by atoms with E-state index in [0.29, 0.717) is 21.9 Å². The number of thiophene rings is 1. The lowest BCUT2D eigenvalue weighted by Crippen LogP contribution is -2.51. The van der Waals surface area contributed by atoms with E-state index in [4.69, 9.17) is 11.6 Å². The van der Waals surface area contributed by atoms with Crippen LogP contribution in [0, 0.1) is 0 Å². The average molecular weight is 551 g/mol. The Morgan fingerprint density at radius 1 is 1.20 bits per heavy atom. The average Bonchev–Trinajstić information content (AvgIpc) is 3.30. The number of anilines is 1. The molecule has 1 aliphatic rings. The molecule has 13 heteroatoms. The molecule has 3 aromatic rings. The number of fused-ring (bicyclic) bond motifs is 1.